The number of hydrogen-bond acceptors (Lipinski definition) is 3. The fourth-order valence-corrected chi connectivity index (χ4v) is 3.88. The maximum atomic E-state index is 12.4. The van der Waals surface area contributed by atoms with Crippen molar-refractivity contribution in [2.75, 3.05) is 13.1 Å². The summed E-state index contributed by atoms with van der Waals surface area (Å²) in [4.78, 5) is 0.330. The number of hydrogen-bond donors (Lipinski definition) is 1. The zero-order valence-corrected chi connectivity index (χ0v) is 11.3. The molecule has 100 valence electrons. The first kappa shape index (κ1) is 13.5. The molecule has 0 saturated carbocycles. The number of aliphatic hydroxyl groups excluding tert-OH is 1. The molecule has 0 amide bonds. The van der Waals surface area contributed by atoms with Gasteiger partial charge in [0.1, 0.15) is 0 Å². The molecule has 1 aliphatic heterocycles. The molecule has 0 radical (unpaired) electrons. The van der Waals surface area contributed by atoms with Crippen molar-refractivity contribution in [1.29, 1.82) is 0 Å². The molecule has 0 bridgehead atoms. The van der Waals surface area contributed by atoms with E-state index in [9.17, 15) is 13.5 Å². The fourth-order valence-electron chi connectivity index (χ4n) is 2.35. The number of piperidine rings is 1. The molecular formula is C13H19NO3S. The molecule has 0 aliphatic carbocycles. The van der Waals surface area contributed by atoms with Crippen LogP contribution in [-0.4, -0.2) is 37.0 Å². The van der Waals surface area contributed by atoms with E-state index in [1.807, 2.05) is 6.92 Å². The molecule has 0 aromatic heterocycles. The molecule has 1 aromatic carbocycles. The van der Waals surface area contributed by atoms with Crippen LogP contribution in [0.2, 0.25) is 0 Å². The number of aliphatic hydroxyl groups is 1. The SMILES string of the molecule is CCC1CN(S(=O)(=O)c2ccccc2)CCC1O. The zero-order chi connectivity index (χ0) is 13.2. The van der Waals surface area contributed by atoms with Crippen molar-refractivity contribution < 1.29 is 13.5 Å². The van der Waals surface area contributed by atoms with E-state index in [1.54, 1.807) is 30.3 Å². The molecule has 2 unspecified atom stereocenters. The van der Waals surface area contributed by atoms with E-state index in [1.165, 1.54) is 4.31 Å². The maximum Gasteiger partial charge on any atom is 0.243 e. The van der Waals surface area contributed by atoms with Gasteiger partial charge in [-0.3, -0.25) is 0 Å². The van der Waals surface area contributed by atoms with Crippen molar-refractivity contribution in [2.45, 2.75) is 30.8 Å². The van der Waals surface area contributed by atoms with E-state index in [0.717, 1.165) is 6.42 Å². The average molecular weight is 269 g/mol. The first-order valence-corrected chi connectivity index (χ1v) is 7.73. The van der Waals surface area contributed by atoms with Crippen LogP contribution in [0.3, 0.4) is 0 Å². The Kier molecular flexibility index (Phi) is 4.04. The average Bonchev–Trinajstić information content (AvgIpc) is 2.40. The molecule has 2 atom stereocenters. The Bertz CT molecular complexity index is 486. The van der Waals surface area contributed by atoms with E-state index in [2.05, 4.69) is 0 Å². The Morgan fingerprint density at radius 2 is 2.00 bits per heavy atom. The summed E-state index contributed by atoms with van der Waals surface area (Å²) in [5.41, 5.74) is 0. The van der Waals surface area contributed by atoms with Crippen LogP contribution in [0.1, 0.15) is 19.8 Å². The van der Waals surface area contributed by atoms with Gasteiger partial charge in [-0.25, -0.2) is 8.42 Å². The van der Waals surface area contributed by atoms with Crippen LogP contribution in [0.25, 0.3) is 0 Å². The van der Waals surface area contributed by atoms with Gasteiger partial charge >= 0.3 is 0 Å². The van der Waals surface area contributed by atoms with Gasteiger partial charge in [0.15, 0.2) is 0 Å². The molecule has 1 fully saturated rings. The van der Waals surface area contributed by atoms with Crippen molar-refractivity contribution >= 4 is 10.0 Å². The third kappa shape index (κ3) is 2.58. The molecule has 1 N–H and O–H groups in total. The van der Waals surface area contributed by atoms with Crippen molar-refractivity contribution in [1.82, 2.24) is 4.31 Å². The summed E-state index contributed by atoms with van der Waals surface area (Å²) in [6.07, 6.45) is 0.934. The topological polar surface area (TPSA) is 57.6 Å². The summed E-state index contributed by atoms with van der Waals surface area (Å²) in [6, 6.07) is 8.47. The number of rotatable bonds is 3. The van der Waals surface area contributed by atoms with Crippen LogP contribution >= 0.6 is 0 Å². The number of benzene rings is 1. The quantitative estimate of drug-likeness (QED) is 0.904. The molecule has 1 aliphatic rings. The van der Waals surface area contributed by atoms with Gasteiger partial charge in [-0.15, -0.1) is 0 Å². The van der Waals surface area contributed by atoms with Crippen LogP contribution in [0.15, 0.2) is 35.2 Å². The van der Waals surface area contributed by atoms with Crippen LogP contribution in [0, 0.1) is 5.92 Å². The highest BCUT2D eigenvalue weighted by atomic mass is 32.2. The summed E-state index contributed by atoms with van der Waals surface area (Å²) in [6.45, 7) is 2.79. The molecule has 2 rings (SSSR count). The Hall–Kier alpha value is -0.910. The van der Waals surface area contributed by atoms with Crippen LogP contribution in [0.5, 0.6) is 0 Å². The van der Waals surface area contributed by atoms with Crippen LogP contribution in [0.4, 0.5) is 0 Å². The minimum absolute atomic E-state index is 0.0391. The summed E-state index contributed by atoms with van der Waals surface area (Å²) < 4.78 is 26.3. The highest BCUT2D eigenvalue weighted by Gasteiger charge is 2.33. The summed E-state index contributed by atoms with van der Waals surface area (Å²) in [5, 5.41) is 9.80. The lowest BCUT2D eigenvalue weighted by Gasteiger charge is -2.34. The highest BCUT2D eigenvalue weighted by molar-refractivity contribution is 7.89. The summed E-state index contributed by atoms with van der Waals surface area (Å²) >= 11 is 0. The second-order valence-electron chi connectivity index (χ2n) is 4.70. The van der Waals surface area contributed by atoms with Gasteiger partial charge in [-0.05, 0) is 30.9 Å². The van der Waals surface area contributed by atoms with Crippen molar-refractivity contribution in [3.63, 3.8) is 0 Å². The third-order valence-electron chi connectivity index (χ3n) is 3.56. The molecular weight excluding hydrogens is 250 g/mol. The second-order valence-corrected chi connectivity index (χ2v) is 6.64. The second kappa shape index (κ2) is 5.38. The van der Waals surface area contributed by atoms with E-state index in [4.69, 9.17) is 0 Å². The lowest BCUT2D eigenvalue weighted by atomic mass is 9.94. The zero-order valence-electron chi connectivity index (χ0n) is 10.5. The van der Waals surface area contributed by atoms with Crippen molar-refractivity contribution in [2.24, 2.45) is 5.92 Å². The molecule has 1 heterocycles. The maximum absolute atomic E-state index is 12.4. The molecule has 5 heteroatoms. The predicted octanol–water partition coefficient (Wildman–Crippen LogP) is 1.47. The minimum Gasteiger partial charge on any atom is -0.393 e. The molecule has 1 aromatic rings. The molecule has 0 spiro atoms. The fraction of sp³-hybridized carbons (Fsp3) is 0.538. The van der Waals surface area contributed by atoms with E-state index >= 15 is 0 Å². The Morgan fingerprint density at radius 3 is 2.61 bits per heavy atom. The molecule has 18 heavy (non-hydrogen) atoms. The lowest BCUT2D eigenvalue weighted by Crippen LogP contribution is -2.45. The van der Waals surface area contributed by atoms with Gasteiger partial charge in [0.25, 0.3) is 0 Å². The third-order valence-corrected chi connectivity index (χ3v) is 5.44. The summed E-state index contributed by atoms with van der Waals surface area (Å²) in [5.74, 6) is 0.0391. The monoisotopic (exact) mass is 269 g/mol. The van der Waals surface area contributed by atoms with Gasteiger partial charge in [0.05, 0.1) is 11.0 Å². The van der Waals surface area contributed by atoms with Crippen LogP contribution < -0.4 is 0 Å². The smallest absolute Gasteiger partial charge is 0.243 e. The summed E-state index contributed by atoms with van der Waals surface area (Å²) in [7, 11) is -3.41. The van der Waals surface area contributed by atoms with Crippen LogP contribution in [-0.2, 0) is 10.0 Å². The van der Waals surface area contributed by atoms with E-state index in [-0.39, 0.29) is 12.0 Å². The van der Waals surface area contributed by atoms with Crippen molar-refractivity contribution in [3.05, 3.63) is 30.3 Å². The van der Waals surface area contributed by atoms with E-state index < -0.39 is 10.0 Å². The van der Waals surface area contributed by atoms with Gasteiger partial charge in [0, 0.05) is 13.1 Å². The van der Waals surface area contributed by atoms with E-state index in [0.29, 0.717) is 24.4 Å². The standard InChI is InChI=1S/C13H19NO3S/c1-2-11-10-14(9-8-13(11)15)18(16,17)12-6-4-3-5-7-12/h3-7,11,13,15H,2,8-10H2,1H3. The van der Waals surface area contributed by atoms with Crippen molar-refractivity contribution in [3.8, 4) is 0 Å². The van der Waals surface area contributed by atoms with Gasteiger partial charge in [-0.1, -0.05) is 25.1 Å². The lowest BCUT2D eigenvalue weighted by molar-refractivity contribution is 0.0521. The first-order chi connectivity index (χ1) is 8.55. The highest BCUT2D eigenvalue weighted by Crippen LogP contribution is 2.25. The van der Waals surface area contributed by atoms with Gasteiger partial charge in [0.2, 0.25) is 10.0 Å². The predicted molar refractivity (Wildman–Crippen MR) is 69.6 cm³/mol. The Labute approximate surface area is 108 Å². The van der Waals surface area contributed by atoms with Gasteiger partial charge in [-0.2, -0.15) is 4.31 Å². The Morgan fingerprint density at radius 1 is 1.33 bits per heavy atom. The number of sulfonamides is 1. The minimum atomic E-state index is -3.41. The largest absolute Gasteiger partial charge is 0.393 e. The first-order valence-electron chi connectivity index (χ1n) is 6.29. The number of nitrogens with zero attached hydrogens (tertiary/aromatic N) is 1. The normalized spacial score (nSPS) is 26.1. The molecule has 4 nitrogen and oxygen atoms in total. The van der Waals surface area contributed by atoms with Gasteiger partial charge < -0.3 is 5.11 Å². The molecule has 1 saturated heterocycles. The Balaban J connectivity index is 2.22.